The molecule has 2 nitrogen and oxygen atoms in total. The van der Waals surface area contributed by atoms with Gasteiger partial charge in [-0.05, 0) is 38.0 Å². The normalized spacial score (nSPS) is 37.1. The van der Waals surface area contributed by atoms with Gasteiger partial charge >= 0.3 is 0 Å². The minimum absolute atomic E-state index is 0.420. The van der Waals surface area contributed by atoms with Gasteiger partial charge in [-0.3, -0.25) is 4.90 Å². The lowest BCUT2D eigenvalue weighted by molar-refractivity contribution is 0.0581. The molecular formula is C12H24N2. The van der Waals surface area contributed by atoms with E-state index >= 15 is 0 Å². The van der Waals surface area contributed by atoms with Crippen molar-refractivity contribution in [3.8, 4) is 0 Å². The van der Waals surface area contributed by atoms with Crippen LogP contribution in [0.15, 0.2) is 0 Å². The number of hydrogen-bond donors (Lipinski definition) is 1. The van der Waals surface area contributed by atoms with E-state index in [1.54, 1.807) is 0 Å². The number of rotatable bonds is 3. The largest absolute Gasteiger partial charge is 0.326 e. The Morgan fingerprint density at radius 1 is 1.43 bits per heavy atom. The Balaban J connectivity index is 1.90. The van der Waals surface area contributed by atoms with Gasteiger partial charge in [-0.15, -0.1) is 0 Å². The van der Waals surface area contributed by atoms with Crippen LogP contribution in [0.2, 0.25) is 0 Å². The lowest BCUT2D eigenvalue weighted by Gasteiger charge is -2.45. The first-order valence-corrected chi connectivity index (χ1v) is 6.16. The maximum atomic E-state index is 6.05. The van der Waals surface area contributed by atoms with Gasteiger partial charge in [0.25, 0.3) is 0 Å². The fraction of sp³-hybridized carbons (Fsp3) is 1.00. The van der Waals surface area contributed by atoms with Crippen molar-refractivity contribution in [2.45, 2.75) is 58.0 Å². The van der Waals surface area contributed by atoms with E-state index in [9.17, 15) is 0 Å². The highest BCUT2D eigenvalue weighted by atomic mass is 15.2. The molecule has 2 unspecified atom stereocenters. The SMILES string of the molecule is CCC1(CN2CCC(N)C2C)CCC1. The van der Waals surface area contributed by atoms with Gasteiger partial charge < -0.3 is 5.73 Å². The van der Waals surface area contributed by atoms with Crippen LogP contribution in [-0.2, 0) is 0 Å². The Bertz CT molecular complexity index is 193. The first-order valence-electron chi connectivity index (χ1n) is 6.16. The molecule has 1 heterocycles. The molecule has 1 aliphatic heterocycles. The van der Waals surface area contributed by atoms with E-state index in [2.05, 4.69) is 18.7 Å². The summed E-state index contributed by atoms with van der Waals surface area (Å²) in [4.78, 5) is 2.62. The zero-order chi connectivity index (χ0) is 10.2. The molecule has 0 radical (unpaired) electrons. The Labute approximate surface area is 87.8 Å². The molecule has 2 atom stereocenters. The first kappa shape index (κ1) is 10.4. The summed E-state index contributed by atoms with van der Waals surface area (Å²) in [6.45, 7) is 7.17. The van der Waals surface area contributed by atoms with Crippen LogP contribution in [0.1, 0.15) is 46.0 Å². The van der Waals surface area contributed by atoms with Crippen molar-refractivity contribution in [3.05, 3.63) is 0 Å². The molecule has 0 bridgehead atoms. The summed E-state index contributed by atoms with van der Waals surface area (Å²) in [5, 5.41) is 0. The van der Waals surface area contributed by atoms with Crippen molar-refractivity contribution in [1.29, 1.82) is 0 Å². The van der Waals surface area contributed by atoms with Crippen LogP contribution in [0.4, 0.5) is 0 Å². The first-order chi connectivity index (χ1) is 6.67. The lowest BCUT2D eigenvalue weighted by atomic mass is 9.66. The highest BCUT2D eigenvalue weighted by molar-refractivity contribution is 4.94. The van der Waals surface area contributed by atoms with Crippen LogP contribution in [-0.4, -0.2) is 30.1 Å². The van der Waals surface area contributed by atoms with Gasteiger partial charge in [-0.1, -0.05) is 13.3 Å². The van der Waals surface area contributed by atoms with Gasteiger partial charge in [0.05, 0.1) is 0 Å². The van der Waals surface area contributed by atoms with E-state index in [1.165, 1.54) is 45.2 Å². The number of likely N-dealkylation sites (tertiary alicyclic amines) is 1. The van der Waals surface area contributed by atoms with Gasteiger partial charge in [0, 0.05) is 25.2 Å². The second-order valence-corrected chi connectivity index (χ2v) is 5.37. The Kier molecular flexibility index (Phi) is 2.85. The van der Waals surface area contributed by atoms with Crippen molar-refractivity contribution in [3.63, 3.8) is 0 Å². The lowest BCUT2D eigenvalue weighted by Crippen LogP contribution is -2.45. The maximum Gasteiger partial charge on any atom is 0.0219 e. The van der Waals surface area contributed by atoms with Crippen molar-refractivity contribution in [1.82, 2.24) is 4.90 Å². The van der Waals surface area contributed by atoms with Crippen molar-refractivity contribution in [2.24, 2.45) is 11.1 Å². The smallest absolute Gasteiger partial charge is 0.0219 e. The summed E-state index contributed by atoms with van der Waals surface area (Å²) in [5.41, 5.74) is 6.71. The van der Waals surface area contributed by atoms with Crippen LogP contribution in [0.3, 0.4) is 0 Å². The molecule has 0 amide bonds. The van der Waals surface area contributed by atoms with Crippen molar-refractivity contribution >= 4 is 0 Å². The minimum atomic E-state index is 0.420. The van der Waals surface area contributed by atoms with Crippen LogP contribution in [0, 0.1) is 5.41 Å². The van der Waals surface area contributed by atoms with E-state index in [0.29, 0.717) is 17.5 Å². The highest BCUT2D eigenvalue weighted by Gasteiger charge is 2.39. The molecule has 2 N–H and O–H groups in total. The second-order valence-electron chi connectivity index (χ2n) is 5.37. The summed E-state index contributed by atoms with van der Waals surface area (Å²) in [7, 11) is 0. The van der Waals surface area contributed by atoms with Gasteiger partial charge in [0.1, 0.15) is 0 Å². The molecule has 14 heavy (non-hydrogen) atoms. The second kappa shape index (κ2) is 3.82. The predicted molar refractivity (Wildman–Crippen MR) is 60.2 cm³/mol. The van der Waals surface area contributed by atoms with Gasteiger partial charge in [-0.2, -0.15) is 0 Å². The zero-order valence-corrected chi connectivity index (χ0v) is 9.63. The summed E-state index contributed by atoms with van der Waals surface area (Å²) < 4.78 is 0. The summed E-state index contributed by atoms with van der Waals surface area (Å²) in [5.74, 6) is 0. The Morgan fingerprint density at radius 2 is 2.14 bits per heavy atom. The molecular weight excluding hydrogens is 172 g/mol. The summed E-state index contributed by atoms with van der Waals surface area (Å²) >= 11 is 0. The number of hydrogen-bond acceptors (Lipinski definition) is 2. The minimum Gasteiger partial charge on any atom is -0.326 e. The molecule has 0 aromatic heterocycles. The molecule has 1 saturated heterocycles. The fourth-order valence-corrected chi connectivity index (χ4v) is 2.98. The third-order valence-corrected chi connectivity index (χ3v) is 4.65. The number of nitrogens with two attached hydrogens (primary N) is 1. The molecule has 1 saturated carbocycles. The van der Waals surface area contributed by atoms with Crippen LogP contribution in [0.25, 0.3) is 0 Å². The third kappa shape index (κ3) is 1.70. The fourth-order valence-electron chi connectivity index (χ4n) is 2.98. The van der Waals surface area contributed by atoms with E-state index in [-0.39, 0.29) is 0 Å². The highest BCUT2D eigenvalue weighted by Crippen LogP contribution is 2.45. The topological polar surface area (TPSA) is 29.3 Å². The molecule has 2 heteroatoms. The monoisotopic (exact) mass is 196 g/mol. The maximum absolute atomic E-state index is 6.05. The van der Waals surface area contributed by atoms with Crippen LogP contribution >= 0.6 is 0 Å². The molecule has 2 fully saturated rings. The van der Waals surface area contributed by atoms with Crippen LogP contribution < -0.4 is 5.73 Å². The van der Waals surface area contributed by atoms with E-state index in [0.717, 1.165) is 0 Å². The Hall–Kier alpha value is -0.0800. The molecule has 0 spiro atoms. The molecule has 1 aliphatic carbocycles. The van der Waals surface area contributed by atoms with Crippen LogP contribution in [0.5, 0.6) is 0 Å². The van der Waals surface area contributed by atoms with Crippen molar-refractivity contribution in [2.75, 3.05) is 13.1 Å². The third-order valence-electron chi connectivity index (χ3n) is 4.65. The molecule has 2 aliphatic rings. The number of nitrogens with zero attached hydrogens (tertiary/aromatic N) is 1. The van der Waals surface area contributed by atoms with E-state index < -0.39 is 0 Å². The molecule has 2 rings (SSSR count). The van der Waals surface area contributed by atoms with E-state index in [4.69, 9.17) is 5.73 Å². The molecule has 0 aromatic rings. The zero-order valence-electron chi connectivity index (χ0n) is 9.63. The van der Waals surface area contributed by atoms with Gasteiger partial charge in [0.2, 0.25) is 0 Å². The Morgan fingerprint density at radius 3 is 2.50 bits per heavy atom. The summed E-state index contributed by atoms with van der Waals surface area (Å²) in [6.07, 6.45) is 6.89. The summed E-state index contributed by atoms with van der Waals surface area (Å²) in [6, 6.07) is 1.03. The average Bonchev–Trinajstić information content (AvgIpc) is 2.42. The standard InChI is InChI=1S/C12H24N2/c1-3-12(6-4-7-12)9-14-8-5-11(13)10(14)2/h10-11H,3-9,13H2,1-2H3. The van der Waals surface area contributed by atoms with E-state index in [1.807, 2.05) is 0 Å². The molecule has 82 valence electrons. The van der Waals surface area contributed by atoms with Crippen molar-refractivity contribution < 1.29 is 0 Å². The van der Waals surface area contributed by atoms with Gasteiger partial charge in [-0.25, -0.2) is 0 Å². The quantitative estimate of drug-likeness (QED) is 0.748. The average molecular weight is 196 g/mol. The predicted octanol–water partition coefficient (Wildman–Crippen LogP) is 1.99. The van der Waals surface area contributed by atoms with Gasteiger partial charge in [0.15, 0.2) is 0 Å². The molecule has 0 aromatic carbocycles.